The van der Waals surface area contributed by atoms with E-state index in [1.54, 1.807) is 11.8 Å². The maximum absolute atomic E-state index is 13.8. The van der Waals surface area contributed by atoms with Crippen LogP contribution in [0.25, 0.3) is 0 Å². The Morgan fingerprint density at radius 1 is 1.63 bits per heavy atom. The van der Waals surface area contributed by atoms with Crippen LogP contribution >= 0.6 is 11.8 Å². The molecule has 0 aromatic heterocycles. The van der Waals surface area contributed by atoms with Crippen LogP contribution in [0.5, 0.6) is 5.75 Å². The zero-order valence-corrected chi connectivity index (χ0v) is 11.2. The maximum atomic E-state index is 13.8. The van der Waals surface area contributed by atoms with Gasteiger partial charge in [0, 0.05) is 11.8 Å². The summed E-state index contributed by atoms with van der Waals surface area (Å²) in [7, 11) is 1.43. The van der Waals surface area contributed by atoms with Gasteiger partial charge in [0.2, 0.25) is 0 Å². The molecule has 1 N–H and O–H groups in total. The van der Waals surface area contributed by atoms with Gasteiger partial charge < -0.3 is 10.1 Å². The molecule has 0 aliphatic carbocycles. The van der Waals surface area contributed by atoms with Crippen LogP contribution < -0.4 is 10.1 Å². The molecule has 100 valence electrons. The summed E-state index contributed by atoms with van der Waals surface area (Å²) >= 11 is 1.60. The average Bonchev–Trinajstić information content (AvgIpc) is 2.87. The van der Waals surface area contributed by atoms with Gasteiger partial charge >= 0.3 is 0 Å². The lowest BCUT2D eigenvalue weighted by atomic mass is 10.0. The molecule has 4 nitrogen and oxygen atoms in total. The molecule has 1 aliphatic rings. The average molecular weight is 280 g/mol. The standard InChI is InChI=1S/C13H13FN2O2S/c1-18-9-2-3-10(11(14)6-9)12(17)16-13(7-15)4-5-19-8-13/h2-3,6H,4-5,8H2,1H3,(H,16,17). The molecule has 19 heavy (non-hydrogen) atoms. The molecule has 1 fully saturated rings. The van der Waals surface area contributed by atoms with E-state index in [1.165, 1.54) is 19.2 Å². The Hall–Kier alpha value is -1.74. The van der Waals surface area contributed by atoms with Crippen LogP contribution in [0.4, 0.5) is 4.39 Å². The number of ether oxygens (including phenoxy) is 1. The Morgan fingerprint density at radius 2 is 2.42 bits per heavy atom. The van der Waals surface area contributed by atoms with Crippen LogP contribution in [0.3, 0.4) is 0 Å². The lowest BCUT2D eigenvalue weighted by Gasteiger charge is -2.21. The van der Waals surface area contributed by atoms with Gasteiger partial charge in [0.15, 0.2) is 0 Å². The Kier molecular flexibility index (Phi) is 3.96. The molecule has 1 atom stereocenters. The van der Waals surface area contributed by atoms with Crippen molar-refractivity contribution in [3.63, 3.8) is 0 Å². The number of carbonyl (C=O) groups excluding carboxylic acids is 1. The van der Waals surface area contributed by atoms with Gasteiger partial charge in [0.1, 0.15) is 17.1 Å². The van der Waals surface area contributed by atoms with E-state index in [-0.39, 0.29) is 5.56 Å². The molecule has 1 aromatic carbocycles. The molecule has 0 radical (unpaired) electrons. The maximum Gasteiger partial charge on any atom is 0.255 e. The number of nitrogens with one attached hydrogen (secondary N) is 1. The van der Waals surface area contributed by atoms with Gasteiger partial charge in [-0.15, -0.1) is 0 Å². The fraction of sp³-hybridized carbons (Fsp3) is 0.385. The molecular weight excluding hydrogens is 267 g/mol. The van der Waals surface area contributed by atoms with Crippen molar-refractivity contribution in [2.24, 2.45) is 0 Å². The first kappa shape index (κ1) is 13.7. The second-order valence-corrected chi connectivity index (χ2v) is 5.40. The number of methoxy groups -OCH3 is 1. The van der Waals surface area contributed by atoms with E-state index in [1.807, 2.05) is 0 Å². The summed E-state index contributed by atoms with van der Waals surface area (Å²) in [5.41, 5.74) is -0.957. The van der Waals surface area contributed by atoms with Gasteiger partial charge in [-0.3, -0.25) is 4.79 Å². The highest BCUT2D eigenvalue weighted by molar-refractivity contribution is 7.99. The first-order valence-corrected chi connectivity index (χ1v) is 6.91. The number of hydrogen-bond donors (Lipinski definition) is 1. The van der Waals surface area contributed by atoms with Crippen molar-refractivity contribution in [2.45, 2.75) is 12.0 Å². The molecule has 1 saturated heterocycles. The highest BCUT2D eigenvalue weighted by Gasteiger charge is 2.36. The topological polar surface area (TPSA) is 62.1 Å². The van der Waals surface area contributed by atoms with Crippen LogP contribution in [-0.4, -0.2) is 30.1 Å². The van der Waals surface area contributed by atoms with Crippen molar-refractivity contribution in [1.29, 1.82) is 5.26 Å². The summed E-state index contributed by atoms with van der Waals surface area (Å²) < 4.78 is 18.6. The van der Waals surface area contributed by atoms with E-state index < -0.39 is 17.3 Å². The molecule has 1 unspecified atom stereocenters. The van der Waals surface area contributed by atoms with Crippen molar-refractivity contribution in [2.75, 3.05) is 18.6 Å². The fourth-order valence-electron chi connectivity index (χ4n) is 1.87. The van der Waals surface area contributed by atoms with Crippen molar-refractivity contribution in [1.82, 2.24) is 5.32 Å². The summed E-state index contributed by atoms with van der Waals surface area (Å²) in [6.07, 6.45) is 0.581. The minimum absolute atomic E-state index is 0.0766. The monoisotopic (exact) mass is 280 g/mol. The molecule has 1 amide bonds. The van der Waals surface area contributed by atoms with Crippen LogP contribution in [0.1, 0.15) is 16.8 Å². The number of benzene rings is 1. The fourth-order valence-corrected chi connectivity index (χ4v) is 3.14. The first-order valence-electron chi connectivity index (χ1n) is 5.75. The third-order valence-electron chi connectivity index (χ3n) is 3.01. The van der Waals surface area contributed by atoms with Gasteiger partial charge in [0.25, 0.3) is 5.91 Å². The van der Waals surface area contributed by atoms with Crippen molar-refractivity contribution in [3.8, 4) is 11.8 Å². The molecule has 2 rings (SSSR count). The highest BCUT2D eigenvalue weighted by atomic mass is 32.2. The van der Waals surface area contributed by atoms with Crippen LogP contribution in [0.2, 0.25) is 0 Å². The van der Waals surface area contributed by atoms with E-state index in [0.29, 0.717) is 17.9 Å². The summed E-state index contributed by atoms with van der Waals surface area (Å²) in [4.78, 5) is 12.0. The van der Waals surface area contributed by atoms with Gasteiger partial charge in [-0.1, -0.05) is 0 Å². The molecule has 1 heterocycles. The smallest absolute Gasteiger partial charge is 0.255 e. The zero-order chi connectivity index (χ0) is 13.9. The van der Waals surface area contributed by atoms with E-state index in [4.69, 9.17) is 4.74 Å². The van der Waals surface area contributed by atoms with Gasteiger partial charge in [0.05, 0.1) is 18.7 Å². The Labute approximate surface area is 114 Å². The predicted molar refractivity (Wildman–Crippen MR) is 70.7 cm³/mol. The van der Waals surface area contributed by atoms with Crippen LogP contribution in [-0.2, 0) is 0 Å². The minimum Gasteiger partial charge on any atom is -0.497 e. The molecule has 1 aliphatic heterocycles. The summed E-state index contributed by atoms with van der Waals surface area (Å²) in [6.45, 7) is 0. The SMILES string of the molecule is COc1ccc(C(=O)NC2(C#N)CCSC2)c(F)c1. The second-order valence-electron chi connectivity index (χ2n) is 4.30. The number of halogens is 1. The lowest BCUT2D eigenvalue weighted by molar-refractivity contribution is 0.0922. The molecular formula is C13H13FN2O2S. The van der Waals surface area contributed by atoms with E-state index in [0.717, 1.165) is 11.8 Å². The van der Waals surface area contributed by atoms with Crippen LogP contribution in [0.15, 0.2) is 18.2 Å². The Balaban J connectivity index is 2.18. The largest absolute Gasteiger partial charge is 0.497 e. The highest BCUT2D eigenvalue weighted by Crippen LogP contribution is 2.28. The third-order valence-corrected chi connectivity index (χ3v) is 4.20. The van der Waals surface area contributed by atoms with Gasteiger partial charge in [-0.2, -0.15) is 17.0 Å². The minimum atomic E-state index is -0.881. The number of nitriles is 1. The summed E-state index contributed by atoms with van der Waals surface area (Å²) in [6, 6.07) is 6.14. The number of thioether (sulfide) groups is 1. The van der Waals surface area contributed by atoms with Gasteiger partial charge in [-0.25, -0.2) is 4.39 Å². The molecule has 6 heteroatoms. The number of carbonyl (C=O) groups is 1. The Morgan fingerprint density at radius 3 is 2.95 bits per heavy atom. The van der Waals surface area contributed by atoms with Crippen LogP contribution in [0, 0.1) is 17.1 Å². The molecule has 0 bridgehead atoms. The van der Waals surface area contributed by atoms with E-state index in [9.17, 15) is 14.4 Å². The van der Waals surface area contributed by atoms with Crippen molar-refractivity contribution >= 4 is 17.7 Å². The summed E-state index contributed by atoms with van der Waals surface area (Å²) in [5.74, 6) is 0.478. The van der Waals surface area contributed by atoms with Gasteiger partial charge in [-0.05, 0) is 24.3 Å². The number of rotatable bonds is 3. The quantitative estimate of drug-likeness (QED) is 0.919. The molecule has 0 spiro atoms. The van der Waals surface area contributed by atoms with E-state index in [2.05, 4.69) is 11.4 Å². The molecule has 0 saturated carbocycles. The first-order chi connectivity index (χ1) is 9.10. The number of hydrogen-bond acceptors (Lipinski definition) is 4. The predicted octanol–water partition coefficient (Wildman–Crippen LogP) is 1.96. The van der Waals surface area contributed by atoms with E-state index >= 15 is 0 Å². The normalized spacial score (nSPS) is 21.7. The number of amides is 1. The Bertz CT molecular complexity index is 536. The van der Waals surface area contributed by atoms with Crippen molar-refractivity contribution in [3.05, 3.63) is 29.6 Å². The summed E-state index contributed by atoms with van der Waals surface area (Å²) in [5, 5.41) is 11.8. The second kappa shape index (κ2) is 5.49. The third kappa shape index (κ3) is 2.82. The molecule has 1 aromatic rings. The number of nitrogens with zero attached hydrogens (tertiary/aromatic N) is 1. The zero-order valence-electron chi connectivity index (χ0n) is 10.4. The van der Waals surface area contributed by atoms with Crippen molar-refractivity contribution < 1.29 is 13.9 Å². The lowest BCUT2D eigenvalue weighted by Crippen LogP contribution is -2.47.